The summed E-state index contributed by atoms with van der Waals surface area (Å²) < 4.78 is 26.7. The van der Waals surface area contributed by atoms with Crippen LogP contribution in [0.15, 0.2) is 30.3 Å². The molecule has 116 valence electrons. The van der Waals surface area contributed by atoms with Crippen LogP contribution in [0.25, 0.3) is 0 Å². The summed E-state index contributed by atoms with van der Waals surface area (Å²) in [5, 5.41) is 0. The van der Waals surface area contributed by atoms with Gasteiger partial charge < -0.3 is 28.5 Å². The van der Waals surface area contributed by atoms with Gasteiger partial charge in [0.15, 0.2) is 6.29 Å². The quantitative estimate of drug-likeness (QED) is 0.529. The van der Waals surface area contributed by atoms with E-state index in [2.05, 4.69) is 0 Å². The monoisotopic (exact) mass is 296 g/mol. The third-order valence-electron chi connectivity index (χ3n) is 3.14. The van der Waals surface area contributed by atoms with Crippen molar-refractivity contribution < 1.29 is 28.5 Å². The van der Waals surface area contributed by atoms with Gasteiger partial charge in [-0.15, -0.1) is 0 Å². The Hall–Kier alpha value is -1.31. The first-order valence-electron chi connectivity index (χ1n) is 6.76. The summed E-state index contributed by atoms with van der Waals surface area (Å²) in [6, 6.07) is 9.83. The Labute approximate surface area is 123 Å². The van der Waals surface area contributed by atoms with E-state index in [9.17, 15) is 4.79 Å². The van der Waals surface area contributed by atoms with E-state index in [4.69, 9.17) is 23.7 Å². The van der Waals surface area contributed by atoms with Gasteiger partial charge in [-0.05, 0) is 5.56 Å². The molecule has 0 unspecified atom stereocenters. The Morgan fingerprint density at radius 1 is 1.29 bits per heavy atom. The van der Waals surface area contributed by atoms with Crippen molar-refractivity contribution in [2.24, 2.45) is 0 Å². The lowest BCUT2D eigenvalue weighted by molar-refractivity contribution is -0.258. The third kappa shape index (κ3) is 4.87. The fourth-order valence-electron chi connectivity index (χ4n) is 2.08. The summed E-state index contributed by atoms with van der Waals surface area (Å²) in [4.78, 5) is 11.0. The van der Waals surface area contributed by atoms with E-state index in [0.29, 0.717) is 19.5 Å². The largest absolute Gasteiger partial charge is 0.374 e. The number of rotatable bonds is 8. The van der Waals surface area contributed by atoms with Crippen LogP contribution in [0.4, 0.5) is 0 Å². The molecule has 3 atom stereocenters. The zero-order valence-corrected chi connectivity index (χ0v) is 12.0. The maximum absolute atomic E-state index is 11.0. The number of ether oxygens (including phenoxy) is 5. The molecule has 0 radical (unpaired) electrons. The fraction of sp³-hybridized carbons (Fsp3) is 0.533. The fourth-order valence-corrected chi connectivity index (χ4v) is 2.08. The van der Waals surface area contributed by atoms with Crippen molar-refractivity contribution >= 4 is 6.29 Å². The number of hydrogen-bond acceptors (Lipinski definition) is 6. The van der Waals surface area contributed by atoms with E-state index >= 15 is 0 Å². The summed E-state index contributed by atoms with van der Waals surface area (Å²) in [6.07, 6.45) is -0.855. The number of hydrogen-bond donors (Lipinski definition) is 0. The zero-order chi connectivity index (χ0) is 14.9. The molecule has 6 nitrogen and oxygen atoms in total. The van der Waals surface area contributed by atoms with E-state index in [1.54, 1.807) is 0 Å². The highest BCUT2D eigenvalue weighted by atomic mass is 16.7. The minimum absolute atomic E-state index is 0.0512. The highest BCUT2D eigenvalue weighted by Gasteiger charge is 2.36. The molecule has 0 amide bonds. The molecule has 2 rings (SSSR count). The van der Waals surface area contributed by atoms with Crippen LogP contribution < -0.4 is 0 Å². The molecule has 1 saturated heterocycles. The summed E-state index contributed by atoms with van der Waals surface area (Å²) in [7, 11) is 1.52. The molecule has 0 N–H and O–H groups in total. The lowest BCUT2D eigenvalue weighted by Gasteiger charge is -2.34. The van der Waals surface area contributed by atoms with Crippen molar-refractivity contribution in [2.45, 2.75) is 24.9 Å². The number of carbonyl (C=O) groups is 1. The van der Waals surface area contributed by atoms with Gasteiger partial charge in [0.25, 0.3) is 0 Å². The molecule has 1 aliphatic heterocycles. The Morgan fingerprint density at radius 3 is 2.81 bits per heavy atom. The minimum Gasteiger partial charge on any atom is -0.374 e. The van der Waals surface area contributed by atoms with E-state index in [1.807, 2.05) is 30.3 Å². The molecule has 0 aromatic heterocycles. The number of aldehydes is 1. The Balaban J connectivity index is 1.84. The van der Waals surface area contributed by atoms with Crippen LogP contribution in [0.2, 0.25) is 0 Å². The predicted molar refractivity (Wildman–Crippen MR) is 73.5 cm³/mol. The molecule has 0 saturated carbocycles. The normalized spacial score (nSPS) is 25.7. The minimum atomic E-state index is -0.667. The smallest absolute Gasteiger partial charge is 0.151 e. The Morgan fingerprint density at radius 2 is 2.10 bits per heavy atom. The van der Waals surface area contributed by atoms with Crippen molar-refractivity contribution in [2.75, 3.05) is 27.3 Å². The molecular weight excluding hydrogens is 276 g/mol. The highest BCUT2D eigenvalue weighted by Crippen LogP contribution is 2.18. The van der Waals surface area contributed by atoms with Crippen molar-refractivity contribution in [3.05, 3.63) is 35.9 Å². The van der Waals surface area contributed by atoms with Gasteiger partial charge in [0.1, 0.15) is 31.9 Å². The number of methoxy groups -OCH3 is 1. The van der Waals surface area contributed by atoms with Crippen LogP contribution >= 0.6 is 0 Å². The van der Waals surface area contributed by atoms with Crippen LogP contribution in [0, 0.1) is 0 Å². The van der Waals surface area contributed by atoms with E-state index in [-0.39, 0.29) is 19.7 Å². The molecule has 1 aliphatic rings. The molecule has 0 spiro atoms. The van der Waals surface area contributed by atoms with Crippen LogP contribution in [0.1, 0.15) is 5.56 Å². The maximum atomic E-state index is 11.0. The molecule has 6 heteroatoms. The molecule has 1 heterocycles. The zero-order valence-electron chi connectivity index (χ0n) is 12.0. The summed E-state index contributed by atoms with van der Waals surface area (Å²) >= 11 is 0. The second-order valence-electron chi connectivity index (χ2n) is 4.63. The van der Waals surface area contributed by atoms with Crippen molar-refractivity contribution in [1.82, 2.24) is 0 Å². The third-order valence-corrected chi connectivity index (χ3v) is 3.14. The van der Waals surface area contributed by atoms with Gasteiger partial charge in [-0.1, -0.05) is 30.3 Å². The maximum Gasteiger partial charge on any atom is 0.151 e. The average Bonchev–Trinajstić information content (AvgIpc) is 2.54. The summed E-state index contributed by atoms with van der Waals surface area (Å²) in [5.41, 5.74) is 1.07. The molecule has 1 aromatic rings. The van der Waals surface area contributed by atoms with Gasteiger partial charge in [0, 0.05) is 7.11 Å². The predicted octanol–water partition coefficient (Wildman–Crippen LogP) is 1.13. The lowest BCUT2D eigenvalue weighted by atomic mass is 10.1. The number of carbonyl (C=O) groups excluding carboxylic acids is 1. The molecular formula is C15H20O6. The first-order chi connectivity index (χ1) is 10.3. The summed E-state index contributed by atoms with van der Waals surface area (Å²) in [6.45, 7) is 0.911. The second kappa shape index (κ2) is 8.86. The van der Waals surface area contributed by atoms with Gasteiger partial charge in [-0.2, -0.15) is 0 Å². The van der Waals surface area contributed by atoms with Crippen molar-refractivity contribution in [3.8, 4) is 0 Å². The van der Waals surface area contributed by atoms with E-state index in [1.165, 1.54) is 7.11 Å². The second-order valence-corrected chi connectivity index (χ2v) is 4.63. The summed E-state index contributed by atoms with van der Waals surface area (Å²) in [5.74, 6) is 0. The topological polar surface area (TPSA) is 63.2 Å². The SMILES string of the molecule is COCO[C@@H]1[C@H](C=O)OCO[C@@H]1COCc1ccccc1. The van der Waals surface area contributed by atoms with Crippen molar-refractivity contribution in [3.63, 3.8) is 0 Å². The molecule has 21 heavy (non-hydrogen) atoms. The standard InChI is InChI=1S/C15H20O6/c1-17-10-21-15-13(7-16)19-11-20-14(15)9-18-8-12-5-3-2-4-6-12/h2-7,13-15H,8-11H2,1H3/t13-,14+,15+/m0/s1. The van der Waals surface area contributed by atoms with Gasteiger partial charge in [-0.25, -0.2) is 0 Å². The Bertz CT molecular complexity index is 410. The molecule has 0 aliphatic carbocycles. The number of benzene rings is 1. The Kier molecular flexibility index (Phi) is 6.78. The lowest BCUT2D eigenvalue weighted by Crippen LogP contribution is -2.50. The van der Waals surface area contributed by atoms with Gasteiger partial charge >= 0.3 is 0 Å². The van der Waals surface area contributed by atoms with Crippen LogP contribution in [0.5, 0.6) is 0 Å². The van der Waals surface area contributed by atoms with E-state index < -0.39 is 12.2 Å². The van der Waals surface area contributed by atoms with Gasteiger partial charge in [0.2, 0.25) is 0 Å². The molecule has 1 aromatic carbocycles. The van der Waals surface area contributed by atoms with Gasteiger partial charge in [-0.3, -0.25) is 0 Å². The average molecular weight is 296 g/mol. The van der Waals surface area contributed by atoms with Crippen LogP contribution in [-0.4, -0.2) is 51.9 Å². The van der Waals surface area contributed by atoms with Gasteiger partial charge in [0.05, 0.1) is 13.2 Å². The van der Waals surface area contributed by atoms with Crippen molar-refractivity contribution in [1.29, 1.82) is 0 Å². The first kappa shape index (κ1) is 16.1. The first-order valence-corrected chi connectivity index (χ1v) is 6.76. The molecule has 1 fully saturated rings. The van der Waals surface area contributed by atoms with Crippen LogP contribution in [-0.2, 0) is 35.1 Å². The van der Waals surface area contributed by atoms with Crippen LogP contribution in [0.3, 0.4) is 0 Å². The highest BCUT2D eigenvalue weighted by molar-refractivity contribution is 5.57. The van der Waals surface area contributed by atoms with E-state index in [0.717, 1.165) is 5.56 Å². The molecule has 0 bridgehead atoms.